The van der Waals surface area contributed by atoms with Crippen LogP contribution in [0, 0.1) is 5.92 Å². The second-order valence-corrected chi connectivity index (χ2v) is 8.06. The third-order valence-electron chi connectivity index (χ3n) is 5.37. The Morgan fingerprint density at radius 3 is 2.72 bits per heavy atom. The molecule has 1 aliphatic heterocycles. The van der Waals surface area contributed by atoms with E-state index in [1.54, 1.807) is 17.9 Å². The second kappa shape index (κ2) is 7.70. The van der Waals surface area contributed by atoms with Gasteiger partial charge >= 0.3 is 0 Å². The summed E-state index contributed by atoms with van der Waals surface area (Å²) < 4.78 is 0. The van der Waals surface area contributed by atoms with Gasteiger partial charge in [0.1, 0.15) is 5.82 Å². The number of aromatic nitrogens is 2. The molecule has 29 heavy (non-hydrogen) atoms. The topological polar surface area (TPSA) is 78.1 Å². The standard InChI is InChI=1S/C23H26N4O2/c1-14(2)12-20(22-24-18-6-4-5-7-19(18)25-22)26-23(29)17-8-9-21-16(13-17)10-11-27(21)15(3)28/h4-9,13-14,20H,10-12H2,1-3H3,(H,24,25)(H,26,29)/t20-/m0/s1. The molecule has 2 aromatic carbocycles. The third kappa shape index (κ3) is 3.88. The van der Waals surface area contributed by atoms with Gasteiger partial charge in [-0.3, -0.25) is 9.59 Å². The van der Waals surface area contributed by atoms with Crippen LogP contribution >= 0.6 is 0 Å². The van der Waals surface area contributed by atoms with E-state index in [0.717, 1.165) is 41.0 Å². The van der Waals surface area contributed by atoms with Gasteiger partial charge in [-0.2, -0.15) is 0 Å². The van der Waals surface area contributed by atoms with E-state index in [-0.39, 0.29) is 17.9 Å². The minimum absolute atomic E-state index is 0.0304. The number of carbonyl (C=O) groups is 2. The Morgan fingerprint density at radius 1 is 1.21 bits per heavy atom. The number of benzene rings is 2. The number of nitrogens with zero attached hydrogens (tertiary/aromatic N) is 2. The zero-order chi connectivity index (χ0) is 20.5. The number of rotatable bonds is 5. The Morgan fingerprint density at radius 2 is 2.00 bits per heavy atom. The molecule has 150 valence electrons. The number of nitrogens with one attached hydrogen (secondary N) is 2. The number of fused-ring (bicyclic) bond motifs is 2. The molecule has 0 radical (unpaired) electrons. The molecule has 6 heteroatoms. The highest BCUT2D eigenvalue weighted by Gasteiger charge is 2.25. The van der Waals surface area contributed by atoms with Crippen molar-refractivity contribution in [3.05, 3.63) is 59.4 Å². The van der Waals surface area contributed by atoms with Crippen molar-refractivity contribution in [3.8, 4) is 0 Å². The van der Waals surface area contributed by atoms with Gasteiger partial charge in [-0.1, -0.05) is 26.0 Å². The lowest BCUT2D eigenvalue weighted by molar-refractivity contribution is -0.116. The summed E-state index contributed by atoms with van der Waals surface area (Å²) in [5, 5.41) is 3.15. The molecule has 0 aliphatic carbocycles. The number of hydrogen-bond acceptors (Lipinski definition) is 3. The van der Waals surface area contributed by atoms with Crippen LogP contribution in [0.5, 0.6) is 0 Å². The van der Waals surface area contributed by atoms with Gasteiger partial charge in [0.15, 0.2) is 0 Å². The van der Waals surface area contributed by atoms with Gasteiger partial charge in [-0.25, -0.2) is 4.98 Å². The van der Waals surface area contributed by atoms with Gasteiger partial charge in [-0.05, 0) is 54.7 Å². The van der Waals surface area contributed by atoms with Crippen LogP contribution in [-0.2, 0) is 11.2 Å². The van der Waals surface area contributed by atoms with Crippen LogP contribution in [0.25, 0.3) is 11.0 Å². The van der Waals surface area contributed by atoms with Crippen LogP contribution in [-0.4, -0.2) is 28.3 Å². The average Bonchev–Trinajstić information content (AvgIpc) is 3.30. The number of amides is 2. The summed E-state index contributed by atoms with van der Waals surface area (Å²) in [5.74, 6) is 1.08. The highest BCUT2D eigenvalue weighted by Crippen LogP contribution is 2.29. The molecular weight excluding hydrogens is 364 g/mol. The fourth-order valence-corrected chi connectivity index (χ4v) is 3.96. The van der Waals surface area contributed by atoms with Crippen molar-refractivity contribution in [2.45, 2.75) is 39.7 Å². The summed E-state index contributed by atoms with van der Waals surface area (Å²) in [6.07, 6.45) is 1.56. The first kappa shape index (κ1) is 19.2. The van der Waals surface area contributed by atoms with E-state index in [0.29, 0.717) is 18.0 Å². The van der Waals surface area contributed by atoms with Crippen molar-refractivity contribution in [3.63, 3.8) is 0 Å². The predicted molar refractivity (Wildman–Crippen MR) is 114 cm³/mol. The first-order valence-electron chi connectivity index (χ1n) is 10.1. The highest BCUT2D eigenvalue weighted by molar-refractivity contribution is 5.98. The van der Waals surface area contributed by atoms with E-state index < -0.39 is 0 Å². The summed E-state index contributed by atoms with van der Waals surface area (Å²) in [6.45, 7) is 6.51. The van der Waals surface area contributed by atoms with E-state index in [9.17, 15) is 9.59 Å². The van der Waals surface area contributed by atoms with Crippen molar-refractivity contribution in [1.82, 2.24) is 15.3 Å². The Bertz CT molecular complexity index is 1040. The molecule has 1 aromatic heterocycles. The number of para-hydroxylation sites is 2. The number of carbonyl (C=O) groups excluding carboxylic acids is 2. The Kier molecular flexibility index (Phi) is 5.09. The van der Waals surface area contributed by atoms with Crippen molar-refractivity contribution in [2.24, 2.45) is 5.92 Å². The van der Waals surface area contributed by atoms with Crippen molar-refractivity contribution >= 4 is 28.5 Å². The first-order valence-corrected chi connectivity index (χ1v) is 10.1. The van der Waals surface area contributed by atoms with Crippen LogP contribution in [0.15, 0.2) is 42.5 Å². The summed E-state index contributed by atoms with van der Waals surface area (Å²) >= 11 is 0. The van der Waals surface area contributed by atoms with Gasteiger partial charge in [0.05, 0.1) is 17.1 Å². The highest BCUT2D eigenvalue weighted by atomic mass is 16.2. The number of imidazole rings is 1. The van der Waals surface area contributed by atoms with Crippen LogP contribution in [0.3, 0.4) is 0 Å². The van der Waals surface area contributed by atoms with Gasteiger partial charge in [0, 0.05) is 24.7 Å². The third-order valence-corrected chi connectivity index (χ3v) is 5.37. The number of anilines is 1. The lowest BCUT2D eigenvalue weighted by Gasteiger charge is -2.19. The van der Waals surface area contributed by atoms with Crippen molar-refractivity contribution < 1.29 is 9.59 Å². The molecule has 0 saturated heterocycles. The largest absolute Gasteiger partial charge is 0.342 e. The van der Waals surface area contributed by atoms with Gasteiger partial charge in [-0.15, -0.1) is 0 Å². The van der Waals surface area contributed by atoms with Gasteiger partial charge in [0.25, 0.3) is 5.91 Å². The molecule has 3 aromatic rings. The Hall–Kier alpha value is -3.15. The summed E-state index contributed by atoms with van der Waals surface area (Å²) in [7, 11) is 0. The average molecular weight is 390 g/mol. The normalized spacial score (nSPS) is 14.3. The van der Waals surface area contributed by atoms with E-state index >= 15 is 0 Å². The molecule has 4 rings (SSSR count). The van der Waals surface area contributed by atoms with E-state index in [1.807, 2.05) is 36.4 Å². The fraction of sp³-hybridized carbons (Fsp3) is 0.348. The number of hydrogen-bond donors (Lipinski definition) is 2. The molecule has 1 atom stereocenters. The summed E-state index contributed by atoms with van der Waals surface area (Å²) in [4.78, 5) is 34.5. The van der Waals surface area contributed by atoms with Crippen LogP contribution < -0.4 is 10.2 Å². The molecular formula is C23H26N4O2. The molecule has 2 N–H and O–H groups in total. The number of aromatic amines is 1. The maximum atomic E-state index is 13.0. The van der Waals surface area contributed by atoms with Crippen molar-refractivity contribution in [2.75, 3.05) is 11.4 Å². The quantitative estimate of drug-likeness (QED) is 0.691. The molecule has 2 heterocycles. The van der Waals surface area contributed by atoms with Gasteiger partial charge in [0.2, 0.25) is 5.91 Å². The molecule has 0 spiro atoms. The zero-order valence-corrected chi connectivity index (χ0v) is 17.0. The molecule has 1 aliphatic rings. The first-order chi connectivity index (χ1) is 13.9. The lowest BCUT2D eigenvalue weighted by atomic mass is 10.0. The second-order valence-electron chi connectivity index (χ2n) is 8.06. The van der Waals surface area contributed by atoms with Crippen LogP contribution in [0.1, 0.15) is 55.0 Å². The molecule has 0 unspecified atom stereocenters. The minimum atomic E-state index is -0.197. The maximum absolute atomic E-state index is 13.0. The van der Waals surface area contributed by atoms with Crippen molar-refractivity contribution in [1.29, 1.82) is 0 Å². The summed E-state index contributed by atoms with van der Waals surface area (Å²) in [6, 6.07) is 13.2. The molecule has 0 saturated carbocycles. The summed E-state index contributed by atoms with van der Waals surface area (Å²) in [5.41, 5.74) is 4.42. The monoisotopic (exact) mass is 390 g/mol. The molecule has 0 bridgehead atoms. The van der Waals surface area contributed by atoms with Crippen LogP contribution in [0.4, 0.5) is 5.69 Å². The number of H-pyrrole nitrogens is 1. The fourth-order valence-electron chi connectivity index (χ4n) is 3.96. The van der Waals surface area contributed by atoms with Gasteiger partial charge < -0.3 is 15.2 Å². The minimum Gasteiger partial charge on any atom is -0.342 e. The zero-order valence-electron chi connectivity index (χ0n) is 17.0. The lowest BCUT2D eigenvalue weighted by Crippen LogP contribution is -2.30. The van der Waals surface area contributed by atoms with E-state index in [1.165, 1.54) is 0 Å². The van der Waals surface area contributed by atoms with Crippen LogP contribution in [0.2, 0.25) is 0 Å². The smallest absolute Gasteiger partial charge is 0.251 e. The predicted octanol–water partition coefficient (Wildman–Crippen LogP) is 3.99. The van der Waals surface area contributed by atoms with E-state index in [2.05, 4.69) is 29.1 Å². The molecule has 6 nitrogen and oxygen atoms in total. The Labute approximate surface area is 170 Å². The SMILES string of the molecule is CC(=O)N1CCc2cc(C(=O)N[C@@H](CC(C)C)c3nc4ccccc4[nH]3)ccc21. The van der Waals surface area contributed by atoms with E-state index in [4.69, 9.17) is 0 Å². The Balaban J connectivity index is 1.58. The maximum Gasteiger partial charge on any atom is 0.251 e. The molecule has 0 fully saturated rings. The molecule has 2 amide bonds.